The Bertz CT molecular complexity index is 1070. The van der Waals surface area contributed by atoms with Crippen LogP contribution in [-0.4, -0.2) is 48.2 Å². The van der Waals surface area contributed by atoms with Crippen molar-refractivity contribution in [3.63, 3.8) is 0 Å². The second-order valence-corrected chi connectivity index (χ2v) is 6.90. The van der Waals surface area contributed by atoms with E-state index >= 15 is 0 Å². The molecule has 2 aromatic heterocycles. The molecule has 28 heavy (non-hydrogen) atoms. The number of hydrogen-bond donors (Lipinski definition) is 1. The number of aromatic amines is 1. The number of para-hydroxylation sites is 2. The molecular weight excluding hydrogens is 364 g/mol. The number of rotatable bonds is 5. The van der Waals surface area contributed by atoms with Gasteiger partial charge in [0.05, 0.1) is 16.0 Å². The molecule has 0 spiro atoms. The largest absolute Gasteiger partial charge is 0.342 e. The number of fused-ring (bicyclic) bond motifs is 1. The quantitative estimate of drug-likeness (QED) is 0.530. The van der Waals surface area contributed by atoms with Crippen LogP contribution in [0.15, 0.2) is 41.5 Å². The third-order valence-electron chi connectivity index (χ3n) is 5.19. The van der Waals surface area contributed by atoms with E-state index in [4.69, 9.17) is 0 Å². The molecule has 4 rings (SSSR count). The molecule has 0 bridgehead atoms. The third-order valence-corrected chi connectivity index (χ3v) is 5.19. The van der Waals surface area contributed by atoms with Crippen LogP contribution in [-0.2, 0) is 11.3 Å². The molecule has 1 aliphatic heterocycles. The number of hydrogen-bond acceptors (Lipinski definition) is 5. The van der Waals surface area contributed by atoms with E-state index < -0.39 is 4.92 Å². The van der Waals surface area contributed by atoms with Gasteiger partial charge in [-0.05, 0) is 25.0 Å². The summed E-state index contributed by atoms with van der Waals surface area (Å²) in [5.41, 5.74) is 1.50. The number of nitro groups is 1. The molecule has 3 heterocycles. The summed E-state index contributed by atoms with van der Waals surface area (Å²) in [6.45, 7) is 1.46. The highest BCUT2D eigenvalue weighted by molar-refractivity contribution is 5.76. The fourth-order valence-corrected chi connectivity index (χ4v) is 3.75. The maximum Gasteiger partial charge on any atom is 0.326 e. The van der Waals surface area contributed by atoms with Crippen LogP contribution < -0.4 is 5.69 Å². The Morgan fingerprint density at radius 1 is 1.29 bits per heavy atom. The van der Waals surface area contributed by atoms with Crippen molar-refractivity contribution in [3.8, 4) is 0 Å². The molecule has 1 aliphatic rings. The fourth-order valence-electron chi connectivity index (χ4n) is 3.75. The van der Waals surface area contributed by atoms with Gasteiger partial charge in [0.2, 0.25) is 5.91 Å². The summed E-state index contributed by atoms with van der Waals surface area (Å²) in [6.07, 6.45) is 4.15. The van der Waals surface area contributed by atoms with Gasteiger partial charge in [-0.15, -0.1) is 0 Å². The molecule has 1 N–H and O–H groups in total. The number of nitrogens with one attached hydrogen (secondary N) is 1. The third kappa shape index (κ3) is 3.40. The van der Waals surface area contributed by atoms with E-state index in [1.165, 1.54) is 17.1 Å². The van der Waals surface area contributed by atoms with E-state index in [0.717, 1.165) is 11.0 Å². The van der Waals surface area contributed by atoms with Crippen LogP contribution in [0.1, 0.15) is 25.3 Å². The van der Waals surface area contributed by atoms with Crippen molar-refractivity contribution in [3.05, 3.63) is 57.3 Å². The Balaban J connectivity index is 1.35. The van der Waals surface area contributed by atoms with E-state index in [0.29, 0.717) is 32.5 Å². The Labute approximate surface area is 159 Å². The first-order chi connectivity index (χ1) is 13.5. The SMILES string of the molecule is O=C(CCn1cc([N+](=O)[O-])cn1)N1CCC(n2c(=O)[nH]c3ccccc32)CC1. The maximum absolute atomic E-state index is 12.5. The van der Waals surface area contributed by atoms with Crippen LogP contribution in [0.4, 0.5) is 5.69 Å². The Morgan fingerprint density at radius 3 is 2.75 bits per heavy atom. The summed E-state index contributed by atoms with van der Waals surface area (Å²) >= 11 is 0. The summed E-state index contributed by atoms with van der Waals surface area (Å²) in [6, 6.07) is 7.66. The van der Waals surface area contributed by atoms with Crippen molar-refractivity contribution in [1.29, 1.82) is 0 Å². The molecule has 1 aromatic carbocycles. The minimum absolute atomic E-state index is 0.0112. The number of carbonyl (C=O) groups excluding carboxylic acids is 1. The molecule has 3 aromatic rings. The summed E-state index contributed by atoms with van der Waals surface area (Å²) in [5, 5.41) is 14.6. The summed E-state index contributed by atoms with van der Waals surface area (Å²) < 4.78 is 3.20. The Hall–Kier alpha value is -3.43. The van der Waals surface area contributed by atoms with Gasteiger partial charge in [-0.2, -0.15) is 5.10 Å². The number of amides is 1. The zero-order valence-electron chi connectivity index (χ0n) is 15.2. The highest BCUT2D eigenvalue weighted by Gasteiger charge is 2.26. The average molecular weight is 384 g/mol. The van der Waals surface area contributed by atoms with E-state index in [-0.39, 0.29) is 29.7 Å². The van der Waals surface area contributed by atoms with Crippen molar-refractivity contribution in [2.75, 3.05) is 13.1 Å². The van der Waals surface area contributed by atoms with Crippen molar-refractivity contribution < 1.29 is 9.72 Å². The van der Waals surface area contributed by atoms with Gasteiger partial charge in [0.15, 0.2) is 0 Å². The molecule has 0 aliphatic carbocycles. The maximum atomic E-state index is 12.5. The topological polar surface area (TPSA) is 119 Å². The standard InChI is InChI=1S/C18H20N6O4/c25-17(7-10-22-12-14(11-19-22)24(27)28)21-8-5-13(6-9-21)23-16-4-2-1-3-15(16)20-18(23)26/h1-4,11-13H,5-10H2,(H,20,26). The average Bonchev–Trinajstić information content (AvgIpc) is 3.30. The van der Waals surface area contributed by atoms with Gasteiger partial charge in [0.1, 0.15) is 12.4 Å². The van der Waals surface area contributed by atoms with Crippen LogP contribution in [0.5, 0.6) is 0 Å². The van der Waals surface area contributed by atoms with Crippen LogP contribution in [0.25, 0.3) is 11.0 Å². The molecule has 1 saturated heterocycles. The molecule has 1 fully saturated rings. The highest BCUT2D eigenvalue weighted by Crippen LogP contribution is 2.25. The van der Waals surface area contributed by atoms with Crippen LogP contribution >= 0.6 is 0 Å². The summed E-state index contributed by atoms with van der Waals surface area (Å²) in [5.74, 6) is -0.0112. The number of carbonyl (C=O) groups is 1. The van der Waals surface area contributed by atoms with E-state index in [2.05, 4.69) is 10.1 Å². The number of imidazole rings is 1. The number of nitrogens with zero attached hydrogens (tertiary/aromatic N) is 5. The minimum atomic E-state index is -0.511. The second-order valence-electron chi connectivity index (χ2n) is 6.90. The van der Waals surface area contributed by atoms with Gasteiger partial charge in [0, 0.05) is 32.1 Å². The first-order valence-electron chi connectivity index (χ1n) is 9.17. The number of H-pyrrole nitrogens is 1. The second kappa shape index (κ2) is 7.29. The molecule has 0 unspecified atom stereocenters. The van der Waals surface area contributed by atoms with Gasteiger partial charge < -0.3 is 9.88 Å². The van der Waals surface area contributed by atoms with Gasteiger partial charge in [-0.25, -0.2) is 4.79 Å². The lowest BCUT2D eigenvalue weighted by molar-refractivity contribution is -0.385. The van der Waals surface area contributed by atoms with Crippen LogP contribution in [0.2, 0.25) is 0 Å². The van der Waals surface area contributed by atoms with Crippen molar-refractivity contribution >= 4 is 22.6 Å². The number of benzene rings is 1. The van der Waals surface area contributed by atoms with Crippen molar-refractivity contribution in [2.24, 2.45) is 0 Å². The Kier molecular flexibility index (Phi) is 4.68. The van der Waals surface area contributed by atoms with E-state index in [1.54, 1.807) is 9.47 Å². The van der Waals surface area contributed by atoms with Crippen LogP contribution in [0.3, 0.4) is 0 Å². The lowest BCUT2D eigenvalue weighted by atomic mass is 10.0. The molecule has 0 saturated carbocycles. The van der Waals surface area contributed by atoms with Gasteiger partial charge in [-0.3, -0.25) is 24.2 Å². The van der Waals surface area contributed by atoms with E-state index in [1.807, 2.05) is 24.3 Å². The summed E-state index contributed by atoms with van der Waals surface area (Å²) in [4.78, 5) is 39.6. The minimum Gasteiger partial charge on any atom is -0.342 e. The lowest BCUT2D eigenvalue weighted by Gasteiger charge is -2.32. The number of aryl methyl sites for hydroxylation is 1. The van der Waals surface area contributed by atoms with Gasteiger partial charge >= 0.3 is 11.4 Å². The van der Waals surface area contributed by atoms with E-state index in [9.17, 15) is 19.7 Å². The molecule has 146 valence electrons. The van der Waals surface area contributed by atoms with Crippen molar-refractivity contribution in [2.45, 2.75) is 31.8 Å². The zero-order chi connectivity index (χ0) is 19.7. The predicted molar refractivity (Wildman–Crippen MR) is 101 cm³/mol. The first-order valence-corrected chi connectivity index (χ1v) is 9.17. The fraction of sp³-hybridized carbons (Fsp3) is 0.389. The Morgan fingerprint density at radius 2 is 2.04 bits per heavy atom. The molecule has 1 amide bonds. The smallest absolute Gasteiger partial charge is 0.326 e. The number of likely N-dealkylation sites (tertiary alicyclic amines) is 1. The number of piperidine rings is 1. The van der Waals surface area contributed by atoms with Gasteiger partial charge in [0.25, 0.3) is 0 Å². The molecule has 0 radical (unpaired) electrons. The number of aromatic nitrogens is 4. The first kappa shape index (κ1) is 18.0. The molecule has 0 atom stereocenters. The van der Waals surface area contributed by atoms with Crippen molar-refractivity contribution in [1.82, 2.24) is 24.2 Å². The van der Waals surface area contributed by atoms with Gasteiger partial charge in [-0.1, -0.05) is 12.1 Å². The zero-order valence-corrected chi connectivity index (χ0v) is 15.2. The molecule has 10 heteroatoms. The predicted octanol–water partition coefficient (Wildman–Crippen LogP) is 1.69. The monoisotopic (exact) mass is 384 g/mol. The summed E-state index contributed by atoms with van der Waals surface area (Å²) in [7, 11) is 0. The highest BCUT2D eigenvalue weighted by atomic mass is 16.6. The lowest BCUT2D eigenvalue weighted by Crippen LogP contribution is -2.40. The normalized spacial score (nSPS) is 15.2. The molecular formula is C18H20N6O4. The molecule has 10 nitrogen and oxygen atoms in total. The van der Waals surface area contributed by atoms with Crippen LogP contribution in [0, 0.1) is 10.1 Å².